The summed E-state index contributed by atoms with van der Waals surface area (Å²) in [6.45, 7) is 9.47. The zero-order chi connectivity index (χ0) is 28.4. The topological polar surface area (TPSA) is 108 Å². The van der Waals surface area contributed by atoms with Crippen LogP contribution < -0.4 is 5.32 Å². The highest BCUT2D eigenvalue weighted by Gasteiger charge is 2.28. The van der Waals surface area contributed by atoms with Gasteiger partial charge in [0, 0.05) is 24.8 Å². The second-order valence-electron chi connectivity index (χ2n) is 10.9. The molecule has 208 valence electrons. The third-order valence-electron chi connectivity index (χ3n) is 6.88. The lowest BCUT2D eigenvalue weighted by Gasteiger charge is -2.33. The fraction of sp³-hybridized carbons (Fsp3) is 0.414. The molecule has 1 aliphatic rings. The standard InChI is InChI=1S/C29H32FN7O2S/c1-5-23-27(32-16-25-34-26(35-40-25)22-8-7-21(30)14-20(22)15-31)37-17-19(6-9-24(37)33-23)18-10-12-36(13-11-18)28(38)39-29(2,3)4/h6-9,14,17-18,32H,5,10-13,16H2,1-4H3. The van der Waals surface area contributed by atoms with Gasteiger partial charge in [-0.1, -0.05) is 13.0 Å². The van der Waals surface area contributed by atoms with E-state index in [4.69, 9.17) is 9.72 Å². The van der Waals surface area contributed by atoms with E-state index >= 15 is 0 Å². The predicted molar refractivity (Wildman–Crippen MR) is 152 cm³/mol. The molecule has 4 heterocycles. The van der Waals surface area contributed by atoms with Crippen LogP contribution in [0.25, 0.3) is 17.0 Å². The Labute approximate surface area is 236 Å². The molecule has 1 N–H and O–H groups in total. The molecule has 1 fully saturated rings. The second kappa shape index (κ2) is 11.2. The number of hydrogen-bond acceptors (Lipinski definition) is 8. The molecule has 1 saturated heterocycles. The summed E-state index contributed by atoms with van der Waals surface area (Å²) >= 11 is 1.24. The first-order valence-corrected chi connectivity index (χ1v) is 14.2. The number of piperidine rings is 1. The monoisotopic (exact) mass is 561 g/mol. The van der Waals surface area contributed by atoms with Crippen molar-refractivity contribution < 1.29 is 13.9 Å². The SMILES string of the molecule is CCc1nc2ccc(C3CCN(C(=O)OC(C)(C)C)CC3)cn2c1NCc1nc(-c2ccc(F)cc2C#N)ns1. The first kappa shape index (κ1) is 27.5. The smallest absolute Gasteiger partial charge is 0.410 e. The van der Waals surface area contributed by atoms with Crippen LogP contribution in [0.3, 0.4) is 0 Å². The number of likely N-dealkylation sites (tertiary alicyclic amines) is 1. The van der Waals surface area contributed by atoms with Gasteiger partial charge in [0.1, 0.15) is 27.9 Å². The predicted octanol–water partition coefficient (Wildman–Crippen LogP) is 6.15. The molecule has 0 radical (unpaired) electrons. The Morgan fingerprint density at radius 2 is 2.00 bits per heavy atom. The van der Waals surface area contributed by atoms with Crippen LogP contribution in [0.15, 0.2) is 36.5 Å². The van der Waals surface area contributed by atoms with Crippen molar-refractivity contribution in [2.75, 3.05) is 18.4 Å². The van der Waals surface area contributed by atoms with Crippen molar-refractivity contribution in [3.8, 4) is 17.5 Å². The van der Waals surface area contributed by atoms with E-state index in [9.17, 15) is 14.4 Å². The number of fused-ring (bicyclic) bond motifs is 1. The van der Waals surface area contributed by atoms with E-state index in [1.54, 1.807) is 4.90 Å². The number of nitriles is 1. The van der Waals surface area contributed by atoms with E-state index < -0.39 is 11.4 Å². The molecule has 0 spiro atoms. The van der Waals surface area contributed by atoms with E-state index in [1.807, 2.05) is 32.9 Å². The van der Waals surface area contributed by atoms with E-state index in [1.165, 1.54) is 35.3 Å². The molecule has 1 aromatic carbocycles. The Bertz CT molecular complexity index is 1580. The quantitative estimate of drug-likeness (QED) is 0.301. The number of imidazole rings is 1. The molecule has 0 bridgehead atoms. The summed E-state index contributed by atoms with van der Waals surface area (Å²) in [6.07, 6.45) is 4.38. The molecular weight excluding hydrogens is 529 g/mol. The number of carbonyl (C=O) groups is 1. The van der Waals surface area contributed by atoms with Crippen LogP contribution in [-0.4, -0.2) is 48.4 Å². The van der Waals surface area contributed by atoms with Gasteiger partial charge in [-0.05, 0) is 87.3 Å². The number of hydrogen-bond donors (Lipinski definition) is 1. The number of aryl methyl sites for hydroxylation is 1. The molecule has 1 amide bonds. The number of pyridine rings is 1. The molecule has 9 nitrogen and oxygen atoms in total. The van der Waals surface area contributed by atoms with E-state index in [-0.39, 0.29) is 11.7 Å². The summed E-state index contributed by atoms with van der Waals surface area (Å²) in [5.41, 5.74) is 3.23. The molecule has 1 aliphatic heterocycles. The summed E-state index contributed by atoms with van der Waals surface area (Å²) in [5, 5.41) is 13.6. The number of rotatable bonds is 6. The van der Waals surface area contributed by atoms with Gasteiger partial charge in [-0.2, -0.15) is 9.64 Å². The lowest BCUT2D eigenvalue weighted by molar-refractivity contribution is 0.0205. The number of carbonyl (C=O) groups excluding carboxylic acids is 1. The number of benzene rings is 1. The Balaban J connectivity index is 1.31. The average Bonchev–Trinajstić information content (AvgIpc) is 3.54. The van der Waals surface area contributed by atoms with Gasteiger partial charge in [0.25, 0.3) is 0 Å². The number of nitrogens with one attached hydrogen (secondary N) is 1. The molecule has 0 atom stereocenters. The largest absolute Gasteiger partial charge is 0.444 e. The maximum Gasteiger partial charge on any atom is 0.410 e. The van der Waals surface area contributed by atoms with Gasteiger partial charge in [-0.15, -0.1) is 0 Å². The highest BCUT2D eigenvalue weighted by molar-refractivity contribution is 7.05. The fourth-order valence-corrected chi connectivity index (χ4v) is 5.50. The van der Waals surface area contributed by atoms with Gasteiger partial charge in [-0.3, -0.25) is 4.40 Å². The lowest BCUT2D eigenvalue weighted by Crippen LogP contribution is -2.41. The molecular formula is C29H32FN7O2S. The van der Waals surface area contributed by atoms with E-state index in [2.05, 4.69) is 38.3 Å². The first-order valence-electron chi connectivity index (χ1n) is 13.4. The number of ether oxygens (including phenoxy) is 1. The van der Waals surface area contributed by atoms with Gasteiger partial charge in [0.05, 0.1) is 23.9 Å². The number of amides is 1. The summed E-state index contributed by atoms with van der Waals surface area (Å²) in [6, 6.07) is 10.2. The van der Waals surface area contributed by atoms with Crippen LogP contribution in [0.5, 0.6) is 0 Å². The Hall–Kier alpha value is -4.04. The summed E-state index contributed by atoms with van der Waals surface area (Å²) in [4.78, 5) is 23.7. The van der Waals surface area contributed by atoms with Crippen molar-refractivity contribution in [3.05, 3.63) is 64.2 Å². The van der Waals surface area contributed by atoms with Gasteiger partial charge in [0.2, 0.25) is 0 Å². The third kappa shape index (κ3) is 5.92. The minimum absolute atomic E-state index is 0.205. The number of anilines is 1. The highest BCUT2D eigenvalue weighted by atomic mass is 32.1. The Morgan fingerprint density at radius 3 is 2.70 bits per heavy atom. The van der Waals surface area contributed by atoms with Crippen molar-refractivity contribution in [1.29, 1.82) is 5.26 Å². The van der Waals surface area contributed by atoms with Crippen LogP contribution >= 0.6 is 11.5 Å². The molecule has 4 aromatic rings. The van der Waals surface area contributed by atoms with Crippen LogP contribution in [0.1, 0.15) is 68.3 Å². The van der Waals surface area contributed by atoms with E-state index in [0.29, 0.717) is 36.9 Å². The molecule has 0 aliphatic carbocycles. The van der Waals surface area contributed by atoms with Gasteiger partial charge >= 0.3 is 6.09 Å². The van der Waals surface area contributed by atoms with Crippen molar-refractivity contribution >= 4 is 29.1 Å². The Morgan fingerprint density at radius 1 is 1.23 bits per heavy atom. The summed E-state index contributed by atoms with van der Waals surface area (Å²) < 4.78 is 25.6. The van der Waals surface area contributed by atoms with Crippen LogP contribution in [-0.2, 0) is 17.7 Å². The maximum atomic E-state index is 13.6. The fourth-order valence-electron chi connectivity index (χ4n) is 4.91. The highest BCUT2D eigenvalue weighted by Crippen LogP contribution is 2.31. The van der Waals surface area contributed by atoms with Crippen molar-refractivity contribution in [1.82, 2.24) is 23.6 Å². The number of aromatic nitrogens is 4. The average molecular weight is 562 g/mol. The molecule has 5 rings (SSSR count). The Kier molecular flexibility index (Phi) is 7.72. The second-order valence-corrected chi connectivity index (χ2v) is 11.7. The minimum atomic E-state index is -0.502. The van der Waals surface area contributed by atoms with Gasteiger partial charge in [0.15, 0.2) is 5.82 Å². The molecule has 0 unspecified atom stereocenters. The van der Waals surface area contributed by atoms with Crippen molar-refractivity contribution in [3.63, 3.8) is 0 Å². The summed E-state index contributed by atoms with van der Waals surface area (Å²) in [5.74, 6) is 1.18. The zero-order valence-electron chi connectivity index (χ0n) is 23.1. The van der Waals surface area contributed by atoms with E-state index in [0.717, 1.165) is 41.4 Å². The van der Waals surface area contributed by atoms with Crippen molar-refractivity contribution in [2.45, 2.75) is 65.0 Å². The third-order valence-corrected chi connectivity index (χ3v) is 7.60. The van der Waals surface area contributed by atoms with Crippen LogP contribution in [0.4, 0.5) is 15.0 Å². The molecule has 0 saturated carbocycles. The van der Waals surface area contributed by atoms with Gasteiger partial charge in [-0.25, -0.2) is 19.2 Å². The molecule has 3 aromatic heterocycles. The van der Waals surface area contributed by atoms with Crippen LogP contribution in [0.2, 0.25) is 0 Å². The summed E-state index contributed by atoms with van der Waals surface area (Å²) in [7, 11) is 0. The number of halogens is 1. The lowest BCUT2D eigenvalue weighted by atomic mass is 9.90. The first-order chi connectivity index (χ1) is 19.1. The van der Waals surface area contributed by atoms with Crippen LogP contribution in [0, 0.1) is 17.1 Å². The normalized spacial score (nSPS) is 14.3. The maximum absolute atomic E-state index is 13.6. The molecule has 11 heteroatoms. The minimum Gasteiger partial charge on any atom is -0.444 e. The van der Waals surface area contributed by atoms with Crippen molar-refractivity contribution in [2.24, 2.45) is 0 Å². The molecule has 40 heavy (non-hydrogen) atoms. The number of nitrogens with zero attached hydrogens (tertiary/aromatic N) is 6. The zero-order valence-corrected chi connectivity index (χ0v) is 23.9. The van der Waals surface area contributed by atoms with Gasteiger partial charge < -0.3 is 15.0 Å².